The molecule has 1 unspecified atom stereocenters. The molecular formula is C24H38BN3O3S. The molecule has 3 atom stereocenters. The summed E-state index contributed by atoms with van der Waals surface area (Å²) in [6, 6.07) is 6.60. The van der Waals surface area contributed by atoms with E-state index in [1.165, 1.54) is 5.47 Å². The molecule has 1 N–H and O–H groups in total. The minimum atomic E-state index is -0.286. The molecule has 2 aliphatic heterocycles. The van der Waals surface area contributed by atoms with Gasteiger partial charge in [-0.3, -0.25) is 4.72 Å². The van der Waals surface area contributed by atoms with Crippen LogP contribution in [-0.2, 0) is 14.0 Å². The average molecular weight is 459 g/mol. The SMILES string of the molecule is CSN[C@H]1CCN(c2ccccn2)C[C@H]1COC1CC=C(B2OC(C)(C)C(C)(C)O2)CC1. The molecule has 0 spiro atoms. The van der Waals surface area contributed by atoms with Gasteiger partial charge in [0.05, 0.1) is 23.9 Å². The number of nitrogens with zero attached hydrogens (tertiary/aromatic N) is 2. The van der Waals surface area contributed by atoms with Crippen molar-refractivity contribution in [2.45, 2.75) is 76.7 Å². The zero-order valence-corrected chi connectivity index (χ0v) is 21.0. The lowest BCUT2D eigenvalue weighted by molar-refractivity contribution is 0.00578. The van der Waals surface area contributed by atoms with Gasteiger partial charge in [0.15, 0.2) is 0 Å². The second kappa shape index (κ2) is 10.1. The number of hydrogen-bond acceptors (Lipinski definition) is 7. The van der Waals surface area contributed by atoms with Crippen LogP contribution in [0.1, 0.15) is 53.4 Å². The van der Waals surface area contributed by atoms with E-state index < -0.39 is 0 Å². The number of ether oxygens (including phenoxy) is 1. The highest BCUT2D eigenvalue weighted by Gasteiger charge is 2.52. The Bertz CT molecular complexity index is 776. The van der Waals surface area contributed by atoms with Crippen LogP contribution in [0.15, 0.2) is 35.9 Å². The molecular weight excluding hydrogens is 421 g/mol. The molecule has 8 heteroatoms. The maximum Gasteiger partial charge on any atom is 0.490 e. The van der Waals surface area contributed by atoms with Crippen LogP contribution in [0, 0.1) is 5.92 Å². The molecule has 0 saturated carbocycles. The summed E-state index contributed by atoms with van der Waals surface area (Å²) in [5.41, 5.74) is 0.696. The summed E-state index contributed by atoms with van der Waals surface area (Å²) in [6.45, 7) is 11.2. The van der Waals surface area contributed by atoms with Gasteiger partial charge in [-0.2, -0.15) is 0 Å². The molecule has 0 radical (unpaired) electrons. The smallest absolute Gasteiger partial charge is 0.400 e. The largest absolute Gasteiger partial charge is 0.490 e. The Kier molecular flexibility index (Phi) is 7.57. The summed E-state index contributed by atoms with van der Waals surface area (Å²) in [6.07, 6.45) is 10.5. The molecule has 6 nitrogen and oxygen atoms in total. The van der Waals surface area contributed by atoms with Crippen molar-refractivity contribution >= 4 is 24.9 Å². The van der Waals surface area contributed by atoms with E-state index in [1.807, 2.05) is 12.3 Å². The maximum atomic E-state index is 6.45. The van der Waals surface area contributed by atoms with Crippen LogP contribution in [0.5, 0.6) is 0 Å². The van der Waals surface area contributed by atoms with Gasteiger partial charge in [0.2, 0.25) is 0 Å². The summed E-state index contributed by atoms with van der Waals surface area (Å²) in [5, 5.41) is 0. The van der Waals surface area contributed by atoms with Crippen molar-refractivity contribution in [3.05, 3.63) is 35.9 Å². The van der Waals surface area contributed by atoms with Crippen LogP contribution >= 0.6 is 11.9 Å². The number of allylic oxidation sites excluding steroid dienone is 1. The second-order valence-electron chi connectivity index (χ2n) is 10.2. The molecule has 0 amide bonds. The predicted octanol–water partition coefficient (Wildman–Crippen LogP) is 4.27. The molecule has 32 heavy (non-hydrogen) atoms. The van der Waals surface area contributed by atoms with Crippen molar-refractivity contribution < 1.29 is 14.0 Å². The molecule has 1 aromatic rings. The normalized spacial score (nSPS) is 29.8. The van der Waals surface area contributed by atoms with E-state index >= 15 is 0 Å². The van der Waals surface area contributed by atoms with E-state index in [4.69, 9.17) is 14.0 Å². The number of aromatic nitrogens is 1. The third kappa shape index (κ3) is 5.36. The van der Waals surface area contributed by atoms with Crippen LogP contribution in [0.3, 0.4) is 0 Å². The van der Waals surface area contributed by atoms with Gasteiger partial charge in [0.25, 0.3) is 0 Å². The molecule has 176 valence electrons. The number of pyridine rings is 1. The van der Waals surface area contributed by atoms with E-state index in [0.29, 0.717) is 12.0 Å². The molecule has 0 bridgehead atoms. The molecule has 2 fully saturated rings. The Balaban J connectivity index is 1.31. The monoisotopic (exact) mass is 459 g/mol. The van der Waals surface area contributed by atoms with E-state index in [1.54, 1.807) is 11.9 Å². The van der Waals surface area contributed by atoms with E-state index in [9.17, 15) is 0 Å². The minimum absolute atomic E-state index is 0.221. The fourth-order valence-corrected chi connectivity index (χ4v) is 5.32. The Labute approximate surface area is 198 Å². The van der Waals surface area contributed by atoms with Gasteiger partial charge in [-0.1, -0.05) is 24.1 Å². The van der Waals surface area contributed by atoms with Gasteiger partial charge in [-0.15, -0.1) is 0 Å². The Morgan fingerprint density at radius 1 is 1.22 bits per heavy atom. The third-order valence-corrected chi connectivity index (χ3v) is 8.01. The lowest BCUT2D eigenvalue weighted by Gasteiger charge is -2.39. The first-order valence-electron chi connectivity index (χ1n) is 11.9. The number of hydrogen-bond donors (Lipinski definition) is 1. The Hall–Kier alpha value is -1.06. The molecule has 1 aliphatic carbocycles. The van der Waals surface area contributed by atoms with Crippen LogP contribution < -0.4 is 9.62 Å². The number of piperidine rings is 1. The van der Waals surface area contributed by atoms with Crippen molar-refractivity contribution in [3.8, 4) is 0 Å². The highest BCUT2D eigenvalue weighted by atomic mass is 32.2. The van der Waals surface area contributed by atoms with E-state index in [0.717, 1.165) is 51.2 Å². The molecule has 3 aliphatic rings. The van der Waals surface area contributed by atoms with Crippen LogP contribution in [0.25, 0.3) is 0 Å². The maximum absolute atomic E-state index is 6.45. The summed E-state index contributed by atoms with van der Waals surface area (Å²) in [5.74, 6) is 1.50. The first kappa shape index (κ1) is 24.1. The standard InChI is InChI=1S/C24H38BN3O3S/c1-23(2)24(3,4)31-25(30-23)19-9-11-20(12-10-19)29-17-18-16-28(15-13-21(18)27-32-5)22-8-6-7-14-26-22/h6-9,14,18,20-21,27H,10-13,15-17H2,1-5H3/t18-,20?,21-/m0/s1. The molecule has 2 saturated heterocycles. The van der Waals surface area contributed by atoms with Crippen molar-refractivity contribution in [3.63, 3.8) is 0 Å². The van der Waals surface area contributed by atoms with E-state index in [-0.39, 0.29) is 24.4 Å². The quantitative estimate of drug-likeness (QED) is 0.483. The molecule has 3 heterocycles. The Morgan fingerprint density at radius 2 is 2.00 bits per heavy atom. The Morgan fingerprint density at radius 3 is 2.62 bits per heavy atom. The lowest BCUT2D eigenvalue weighted by Crippen LogP contribution is -2.50. The number of anilines is 1. The summed E-state index contributed by atoms with van der Waals surface area (Å²) < 4.78 is 22.5. The number of nitrogens with one attached hydrogen (secondary N) is 1. The fourth-order valence-electron chi connectivity index (χ4n) is 4.71. The average Bonchev–Trinajstić information content (AvgIpc) is 3.01. The molecule has 4 rings (SSSR count). The van der Waals surface area contributed by atoms with E-state index in [2.05, 4.69) is 66.8 Å². The highest BCUT2D eigenvalue weighted by Crippen LogP contribution is 2.40. The zero-order chi connectivity index (χ0) is 22.8. The van der Waals surface area contributed by atoms with Gasteiger partial charge in [-0.25, -0.2) is 4.98 Å². The van der Waals surface area contributed by atoms with Gasteiger partial charge >= 0.3 is 7.12 Å². The lowest BCUT2D eigenvalue weighted by atomic mass is 9.72. The highest BCUT2D eigenvalue weighted by molar-refractivity contribution is 7.96. The van der Waals surface area contributed by atoms with Crippen molar-refractivity contribution in [2.24, 2.45) is 5.92 Å². The van der Waals surface area contributed by atoms with Crippen LogP contribution in [0.2, 0.25) is 0 Å². The summed E-state index contributed by atoms with van der Waals surface area (Å²) in [4.78, 5) is 6.94. The topological polar surface area (TPSA) is 55.9 Å². The predicted molar refractivity (Wildman–Crippen MR) is 133 cm³/mol. The van der Waals surface area contributed by atoms with Crippen LogP contribution in [-0.4, -0.2) is 61.4 Å². The minimum Gasteiger partial charge on any atom is -0.400 e. The zero-order valence-electron chi connectivity index (χ0n) is 20.2. The summed E-state index contributed by atoms with van der Waals surface area (Å²) >= 11 is 1.71. The van der Waals surface area contributed by atoms with Crippen molar-refractivity contribution in [2.75, 3.05) is 30.9 Å². The van der Waals surface area contributed by atoms with Gasteiger partial charge < -0.3 is 18.9 Å². The van der Waals surface area contributed by atoms with Gasteiger partial charge in [0, 0.05) is 31.2 Å². The third-order valence-electron chi connectivity index (χ3n) is 7.48. The van der Waals surface area contributed by atoms with Crippen molar-refractivity contribution in [1.82, 2.24) is 9.71 Å². The first-order valence-corrected chi connectivity index (χ1v) is 13.1. The molecule has 0 aromatic carbocycles. The second-order valence-corrected chi connectivity index (χ2v) is 10.9. The molecule has 1 aromatic heterocycles. The summed E-state index contributed by atoms with van der Waals surface area (Å²) in [7, 11) is -0.221. The van der Waals surface area contributed by atoms with Crippen LogP contribution in [0.4, 0.5) is 5.82 Å². The fraction of sp³-hybridized carbons (Fsp3) is 0.708. The van der Waals surface area contributed by atoms with Gasteiger partial charge in [0.1, 0.15) is 5.82 Å². The first-order chi connectivity index (χ1) is 15.3. The van der Waals surface area contributed by atoms with Crippen molar-refractivity contribution in [1.29, 1.82) is 0 Å². The van der Waals surface area contributed by atoms with Gasteiger partial charge in [-0.05, 0) is 77.2 Å². The number of rotatable bonds is 7.